The van der Waals surface area contributed by atoms with Crippen LogP contribution >= 0.6 is 0 Å². The Labute approximate surface area is 99.8 Å². The number of carbonyl (C=O) groups is 2. The molecule has 0 aromatic rings. The molecular weight excluding hydrogens is 224 g/mol. The van der Waals surface area contributed by atoms with Crippen molar-refractivity contribution in [1.29, 1.82) is 0 Å². The van der Waals surface area contributed by atoms with Gasteiger partial charge < -0.3 is 10.4 Å². The van der Waals surface area contributed by atoms with E-state index in [2.05, 4.69) is 15.3 Å². The highest BCUT2D eigenvalue weighted by Crippen LogP contribution is 2.03. The molecule has 2 N–H and O–H groups in total. The molecule has 0 aliphatic carbocycles. The molecule has 0 saturated heterocycles. The summed E-state index contributed by atoms with van der Waals surface area (Å²) in [4.78, 5) is 24.8. The summed E-state index contributed by atoms with van der Waals surface area (Å²) in [5.41, 5.74) is 8.03. The van der Waals surface area contributed by atoms with Crippen LogP contribution < -0.4 is 5.32 Å². The maximum absolute atomic E-state index is 11.4. The minimum absolute atomic E-state index is 0.153. The first kappa shape index (κ1) is 15.2. The van der Waals surface area contributed by atoms with Crippen LogP contribution in [0.25, 0.3) is 10.4 Å². The molecule has 0 aromatic heterocycles. The predicted molar refractivity (Wildman–Crippen MR) is 62.3 cm³/mol. The van der Waals surface area contributed by atoms with Crippen molar-refractivity contribution >= 4 is 11.9 Å². The van der Waals surface area contributed by atoms with Gasteiger partial charge in [-0.25, -0.2) is 4.79 Å². The molecule has 7 nitrogen and oxygen atoms in total. The fraction of sp³-hybridized carbons (Fsp3) is 0.800. The van der Waals surface area contributed by atoms with Crippen molar-refractivity contribution < 1.29 is 14.7 Å². The molecule has 0 saturated carbocycles. The smallest absolute Gasteiger partial charge is 0.326 e. The molecule has 0 unspecified atom stereocenters. The lowest BCUT2D eigenvalue weighted by atomic mass is 10.0. The Hall–Kier alpha value is -1.75. The second-order valence-corrected chi connectivity index (χ2v) is 4.04. The number of carboxylic acids is 1. The van der Waals surface area contributed by atoms with Gasteiger partial charge in [-0.15, -0.1) is 0 Å². The van der Waals surface area contributed by atoms with Crippen LogP contribution in [0.1, 0.15) is 33.1 Å². The predicted octanol–water partition coefficient (Wildman–Crippen LogP) is 1.69. The van der Waals surface area contributed by atoms with Gasteiger partial charge in [-0.05, 0) is 24.3 Å². The number of nitrogens with one attached hydrogen (secondary N) is 1. The van der Waals surface area contributed by atoms with Gasteiger partial charge in [0.25, 0.3) is 0 Å². The van der Waals surface area contributed by atoms with Gasteiger partial charge in [0.05, 0.1) is 0 Å². The van der Waals surface area contributed by atoms with Gasteiger partial charge in [0.1, 0.15) is 6.04 Å². The number of azide groups is 1. The van der Waals surface area contributed by atoms with Crippen molar-refractivity contribution in [1.82, 2.24) is 5.32 Å². The quantitative estimate of drug-likeness (QED) is 0.292. The first-order valence-corrected chi connectivity index (χ1v) is 5.52. The number of unbranched alkanes of at least 4 members (excludes halogenated alkanes) is 1. The van der Waals surface area contributed by atoms with E-state index in [1.165, 1.54) is 0 Å². The third kappa shape index (κ3) is 7.19. The van der Waals surface area contributed by atoms with E-state index in [1.807, 2.05) is 0 Å². The van der Waals surface area contributed by atoms with E-state index >= 15 is 0 Å². The lowest BCUT2D eigenvalue weighted by molar-refractivity contribution is -0.143. The number of hydrogen-bond acceptors (Lipinski definition) is 3. The average Bonchev–Trinajstić information content (AvgIpc) is 2.24. The topological polar surface area (TPSA) is 115 Å². The zero-order valence-electron chi connectivity index (χ0n) is 10.1. The number of hydrogen-bond donors (Lipinski definition) is 2. The van der Waals surface area contributed by atoms with E-state index in [-0.39, 0.29) is 18.2 Å². The summed E-state index contributed by atoms with van der Waals surface area (Å²) < 4.78 is 0. The monoisotopic (exact) mass is 242 g/mol. The third-order valence-corrected chi connectivity index (χ3v) is 2.22. The van der Waals surface area contributed by atoms with Gasteiger partial charge in [0, 0.05) is 17.9 Å². The number of aliphatic carboxylic acids is 1. The average molecular weight is 242 g/mol. The van der Waals surface area contributed by atoms with Crippen LogP contribution in [0.5, 0.6) is 0 Å². The molecule has 0 radical (unpaired) electrons. The second-order valence-electron chi connectivity index (χ2n) is 4.04. The zero-order valence-corrected chi connectivity index (χ0v) is 10.1. The zero-order chi connectivity index (χ0) is 13.3. The Bertz CT molecular complexity index is 311. The van der Waals surface area contributed by atoms with Crippen molar-refractivity contribution in [2.45, 2.75) is 39.2 Å². The fourth-order valence-corrected chi connectivity index (χ4v) is 1.27. The molecule has 17 heavy (non-hydrogen) atoms. The normalized spacial score (nSPS) is 11.7. The first-order valence-electron chi connectivity index (χ1n) is 5.52. The Morgan fingerprint density at radius 1 is 1.41 bits per heavy atom. The largest absolute Gasteiger partial charge is 0.480 e. The molecule has 0 bridgehead atoms. The van der Waals surface area contributed by atoms with E-state index in [0.29, 0.717) is 19.4 Å². The summed E-state index contributed by atoms with van der Waals surface area (Å²) >= 11 is 0. The minimum Gasteiger partial charge on any atom is -0.480 e. The summed E-state index contributed by atoms with van der Waals surface area (Å²) in [5.74, 6) is -1.46. The number of nitrogens with zero attached hydrogens (tertiary/aromatic N) is 3. The molecule has 1 amide bonds. The van der Waals surface area contributed by atoms with Gasteiger partial charge in [-0.1, -0.05) is 19.0 Å². The molecule has 0 fully saturated rings. The van der Waals surface area contributed by atoms with Crippen molar-refractivity contribution in [2.24, 2.45) is 11.0 Å². The Morgan fingerprint density at radius 3 is 2.53 bits per heavy atom. The Kier molecular flexibility index (Phi) is 7.54. The molecule has 1 atom stereocenters. The highest BCUT2D eigenvalue weighted by atomic mass is 16.4. The number of carbonyl (C=O) groups excluding carboxylic acids is 1. The summed E-state index contributed by atoms with van der Waals surface area (Å²) in [6.45, 7) is 3.83. The van der Waals surface area contributed by atoms with Crippen LogP contribution in [0.3, 0.4) is 0 Å². The Morgan fingerprint density at radius 2 is 2.06 bits per heavy atom. The molecule has 0 rings (SSSR count). The molecule has 0 heterocycles. The maximum atomic E-state index is 11.4. The van der Waals surface area contributed by atoms with E-state index in [9.17, 15) is 9.59 Å². The number of rotatable bonds is 8. The molecule has 0 aromatic carbocycles. The van der Waals surface area contributed by atoms with Crippen molar-refractivity contribution in [3.8, 4) is 0 Å². The highest BCUT2D eigenvalue weighted by molar-refractivity contribution is 5.83. The van der Waals surface area contributed by atoms with Crippen LogP contribution in [-0.4, -0.2) is 29.6 Å². The van der Waals surface area contributed by atoms with Crippen LogP contribution in [-0.2, 0) is 9.59 Å². The second kappa shape index (κ2) is 8.41. The van der Waals surface area contributed by atoms with Gasteiger partial charge in [0.15, 0.2) is 0 Å². The number of amides is 1. The lowest BCUT2D eigenvalue weighted by Crippen LogP contribution is -2.44. The molecule has 0 spiro atoms. The van der Waals surface area contributed by atoms with Crippen molar-refractivity contribution in [3.05, 3.63) is 10.4 Å². The highest BCUT2D eigenvalue weighted by Gasteiger charge is 2.22. The third-order valence-electron chi connectivity index (χ3n) is 2.22. The standard InChI is InChI=1S/C10H18N4O3/c1-7(2)9(10(16)17)13-8(15)5-3-4-6-12-14-11/h7,9H,3-6H2,1-2H3,(H,13,15)(H,16,17)/t9-/m0/s1. The van der Waals surface area contributed by atoms with Gasteiger partial charge in [-0.3, -0.25) is 4.79 Å². The van der Waals surface area contributed by atoms with Gasteiger partial charge >= 0.3 is 5.97 Å². The van der Waals surface area contributed by atoms with Crippen LogP contribution in [0, 0.1) is 5.92 Å². The lowest BCUT2D eigenvalue weighted by Gasteiger charge is -2.17. The van der Waals surface area contributed by atoms with Crippen LogP contribution in [0.15, 0.2) is 5.11 Å². The van der Waals surface area contributed by atoms with E-state index in [1.54, 1.807) is 13.8 Å². The molecule has 96 valence electrons. The summed E-state index contributed by atoms with van der Waals surface area (Å²) in [5, 5.41) is 14.7. The number of carboxylic acid groups (broad SMARTS) is 1. The van der Waals surface area contributed by atoms with E-state index < -0.39 is 12.0 Å². The van der Waals surface area contributed by atoms with Gasteiger partial charge in [-0.2, -0.15) is 0 Å². The van der Waals surface area contributed by atoms with Gasteiger partial charge in [0.2, 0.25) is 5.91 Å². The van der Waals surface area contributed by atoms with Crippen molar-refractivity contribution in [3.63, 3.8) is 0 Å². The maximum Gasteiger partial charge on any atom is 0.326 e. The summed E-state index contributed by atoms with van der Waals surface area (Å²) in [6.07, 6.45) is 1.45. The van der Waals surface area contributed by atoms with Crippen molar-refractivity contribution in [2.75, 3.05) is 6.54 Å². The SMILES string of the molecule is CC(C)[C@H](NC(=O)CCCCN=[N+]=[N-])C(=O)O. The van der Waals surface area contributed by atoms with E-state index in [0.717, 1.165) is 0 Å². The minimum atomic E-state index is -1.03. The first-order chi connectivity index (χ1) is 7.99. The van der Waals surface area contributed by atoms with E-state index in [4.69, 9.17) is 10.6 Å². The Balaban J connectivity index is 3.91. The molecular formula is C10H18N4O3. The summed E-state index contributed by atoms with van der Waals surface area (Å²) in [7, 11) is 0. The molecule has 0 aliphatic heterocycles. The fourth-order valence-electron chi connectivity index (χ4n) is 1.27. The molecule has 7 heteroatoms. The van der Waals surface area contributed by atoms with Crippen LogP contribution in [0.4, 0.5) is 0 Å². The molecule has 0 aliphatic rings. The summed E-state index contributed by atoms with van der Waals surface area (Å²) in [6, 6.07) is -0.848. The van der Waals surface area contributed by atoms with Crippen LogP contribution in [0.2, 0.25) is 0 Å².